The fourth-order valence-electron chi connectivity index (χ4n) is 6.61. The first kappa shape index (κ1) is 32.5. The van der Waals surface area contributed by atoms with Gasteiger partial charge in [0.15, 0.2) is 5.96 Å². The van der Waals surface area contributed by atoms with Crippen molar-refractivity contribution in [3.63, 3.8) is 0 Å². The van der Waals surface area contributed by atoms with Crippen LogP contribution in [0.3, 0.4) is 0 Å². The van der Waals surface area contributed by atoms with Gasteiger partial charge in [-0.05, 0) is 79.3 Å². The molecule has 1 saturated heterocycles. The summed E-state index contributed by atoms with van der Waals surface area (Å²) in [5.41, 5.74) is 22.9. The summed E-state index contributed by atoms with van der Waals surface area (Å²) in [7, 11) is 0. The number of carbonyl (C=O) groups is 1. The van der Waals surface area contributed by atoms with Gasteiger partial charge in [0.1, 0.15) is 0 Å². The Hall–Kier alpha value is -3.42. The first-order chi connectivity index (χ1) is 20.6. The predicted octanol–water partition coefficient (Wildman–Crippen LogP) is 4.94. The van der Waals surface area contributed by atoms with E-state index in [1.165, 1.54) is 27.5 Å². The zero-order valence-electron chi connectivity index (χ0n) is 26.6. The maximum atomic E-state index is 14.0. The van der Waals surface area contributed by atoms with Gasteiger partial charge in [0, 0.05) is 44.3 Å². The highest BCUT2D eigenvalue weighted by atomic mass is 16.2. The normalized spacial score (nSPS) is 18.2. The molecule has 0 aliphatic carbocycles. The molecule has 3 atom stereocenters. The Morgan fingerprint density at radius 2 is 1.72 bits per heavy atom. The zero-order valence-corrected chi connectivity index (χ0v) is 26.6. The molecule has 6 N–H and O–H groups in total. The van der Waals surface area contributed by atoms with Crippen molar-refractivity contribution in [2.45, 2.75) is 84.3 Å². The van der Waals surface area contributed by atoms with Crippen LogP contribution in [0.2, 0.25) is 0 Å². The predicted molar refractivity (Wildman–Crippen MR) is 180 cm³/mol. The number of aryl methyl sites for hydroxylation is 2. The van der Waals surface area contributed by atoms with Crippen molar-refractivity contribution >= 4 is 22.6 Å². The fraction of sp³-hybridized carbons (Fsp3) is 0.500. The Labute approximate surface area is 258 Å². The number of benzene rings is 3. The van der Waals surface area contributed by atoms with E-state index in [1.54, 1.807) is 0 Å². The molecule has 7 nitrogen and oxygen atoms in total. The quantitative estimate of drug-likeness (QED) is 0.150. The molecule has 3 aromatic rings. The monoisotopic (exact) mass is 584 g/mol. The molecule has 3 aromatic carbocycles. The molecule has 1 heterocycles. The van der Waals surface area contributed by atoms with Gasteiger partial charge in [0.2, 0.25) is 5.91 Å². The van der Waals surface area contributed by atoms with Crippen LogP contribution in [0, 0.1) is 19.8 Å². The van der Waals surface area contributed by atoms with Crippen molar-refractivity contribution in [3.8, 4) is 0 Å². The number of aliphatic imine (C=N–C) groups is 1. The van der Waals surface area contributed by atoms with Crippen LogP contribution in [-0.2, 0) is 17.6 Å². The summed E-state index contributed by atoms with van der Waals surface area (Å²) in [4.78, 5) is 22.9. The Balaban J connectivity index is 1.51. The molecule has 43 heavy (non-hydrogen) atoms. The van der Waals surface area contributed by atoms with Crippen molar-refractivity contribution < 1.29 is 4.79 Å². The first-order valence-corrected chi connectivity index (χ1v) is 16.0. The minimum atomic E-state index is 0.0186. The number of piperazine rings is 1. The van der Waals surface area contributed by atoms with E-state index < -0.39 is 0 Å². The van der Waals surface area contributed by atoms with Gasteiger partial charge < -0.3 is 22.1 Å². The fourth-order valence-corrected chi connectivity index (χ4v) is 6.61. The Kier molecular flexibility index (Phi) is 11.6. The number of unbranched alkanes of at least 4 members (excludes halogenated alkanes) is 1. The summed E-state index contributed by atoms with van der Waals surface area (Å²) in [5.74, 6) is 0.840. The minimum Gasteiger partial charge on any atom is -0.370 e. The summed E-state index contributed by atoms with van der Waals surface area (Å²) < 4.78 is 0. The zero-order chi connectivity index (χ0) is 30.9. The molecule has 1 amide bonds. The number of hydrogen-bond acceptors (Lipinski definition) is 4. The van der Waals surface area contributed by atoms with Gasteiger partial charge in [0.25, 0.3) is 0 Å². The summed E-state index contributed by atoms with van der Waals surface area (Å²) in [5, 5.41) is 2.37. The van der Waals surface area contributed by atoms with E-state index in [0.717, 1.165) is 57.3 Å². The average molecular weight is 585 g/mol. The topological polar surface area (TPSA) is 114 Å². The van der Waals surface area contributed by atoms with Crippen LogP contribution < -0.4 is 17.2 Å². The van der Waals surface area contributed by atoms with E-state index in [0.29, 0.717) is 18.9 Å². The van der Waals surface area contributed by atoms with Gasteiger partial charge in [-0.25, -0.2) is 0 Å². The first-order valence-electron chi connectivity index (χ1n) is 16.0. The van der Waals surface area contributed by atoms with Crippen LogP contribution in [0.1, 0.15) is 61.8 Å². The van der Waals surface area contributed by atoms with Crippen molar-refractivity contribution in [3.05, 3.63) is 82.9 Å². The summed E-state index contributed by atoms with van der Waals surface area (Å²) >= 11 is 0. The number of hydrogen-bond donors (Lipinski definition) is 3. The number of guanidine groups is 1. The van der Waals surface area contributed by atoms with Crippen LogP contribution in [0.15, 0.2) is 65.7 Å². The van der Waals surface area contributed by atoms with Crippen molar-refractivity contribution in [2.24, 2.45) is 28.1 Å². The van der Waals surface area contributed by atoms with E-state index in [-0.39, 0.29) is 30.0 Å². The lowest BCUT2D eigenvalue weighted by Gasteiger charge is -2.48. The average Bonchev–Trinajstić information content (AvgIpc) is 2.94. The van der Waals surface area contributed by atoms with Crippen molar-refractivity contribution in [1.82, 2.24) is 9.80 Å². The number of amides is 1. The molecule has 0 radical (unpaired) electrons. The molecule has 0 saturated carbocycles. The van der Waals surface area contributed by atoms with E-state index in [1.807, 2.05) is 0 Å². The number of nitrogens with zero attached hydrogens (tertiary/aromatic N) is 3. The smallest absolute Gasteiger partial charge is 0.227 e. The molecule has 1 fully saturated rings. The minimum absolute atomic E-state index is 0.0186. The highest BCUT2D eigenvalue weighted by Crippen LogP contribution is 2.26. The highest BCUT2D eigenvalue weighted by Gasteiger charge is 2.36. The Bertz CT molecular complexity index is 1380. The van der Waals surface area contributed by atoms with Gasteiger partial charge in [-0.3, -0.25) is 14.7 Å². The summed E-state index contributed by atoms with van der Waals surface area (Å²) in [6.45, 7) is 11.8. The SMILES string of the molecule is Cc1ccc(C[C@H](N)CN2C[C@@H](CC(C)C)N(C(=O)Cc3ccc4ccccc4c3)C[C@@H]2CCCCN=C(N)N)c(C)c1. The number of carbonyl (C=O) groups excluding carboxylic acids is 1. The van der Waals surface area contributed by atoms with E-state index in [2.05, 4.69) is 103 Å². The standard InChI is InChI=1S/C36H52N6O/c1-25(2)17-34-23-41(22-32(37)21-30-14-12-26(3)18-27(30)4)33(11-7-8-16-40-36(38)39)24-42(34)35(43)20-28-13-15-29-9-5-6-10-31(29)19-28/h5-6,9-10,12-15,18-19,25,32-34H,7-8,11,16-17,20-24,37H2,1-4H3,(H4,38,39,40)/t32-,33-,34+/m0/s1. The molecule has 0 spiro atoms. The molecule has 7 heteroatoms. The van der Waals surface area contributed by atoms with Crippen molar-refractivity contribution in [1.29, 1.82) is 0 Å². The van der Waals surface area contributed by atoms with Crippen LogP contribution in [0.5, 0.6) is 0 Å². The largest absolute Gasteiger partial charge is 0.370 e. The molecule has 0 unspecified atom stereocenters. The lowest BCUT2D eigenvalue weighted by molar-refractivity contribution is -0.138. The summed E-state index contributed by atoms with van der Waals surface area (Å²) in [6.07, 6.45) is 5.12. The van der Waals surface area contributed by atoms with Gasteiger partial charge in [0.05, 0.1) is 6.42 Å². The van der Waals surface area contributed by atoms with Crippen LogP contribution in [0.4, 0.5) is 0 Å². The molecule has 1 aliphatic heterocycles. The third-order valence-electron chi connectivity index (χ3n) is 8.73. The third-order valence-corrected chi connectivity index (χ3v) is 8.73. The van der Waals surface area contributed by atoms with Crippen molar-refractivity contribution in [2.75, 3.05) is 26.2 Å². The molecule has 232 valence electrons. The van der Waals surface area contributed by atoms with Gasteiger partial charge in [-0.2, -0.15) is 0 Å². The molecule has 0 bridgehead atoms. The van der Waals surface area contributed by atoms with E-state index >= 15 is 0 Å². The maximum Gasteiger partial charge on any atom is 0.227 e. The van der Waals surface area contributed by atoms with Crippen LogP contribution in [0.25, 0.3) is 10.8 Å². The molecule has 0 aromatic heterocycles. The van der Waals surface area contributed by atoms with E-state index in [9.17, 15) is 4.79 Å². The summed E-state index contributed by atoms with van der Waals surface area (Å²) in [6, 6.07) is 21.8. The maximum absolute atomic E-state index is 14.0. The number of nitrogens with two attached hydrogens (primary N) is 3. The lowest BCUT2D eigenvalue weighted by atomic mass is 9.93. The number of fused-ring (bicyclic) bond motifs is 1. The Morgan fingerprint density at radius 3 is 2.44 bits per heavy atom. The van der Waals surface area contributed by atoms with Crippen LogP contribution >= 0.6 is 0 Å². The van der Waals surface area contributed by atoms with Gasteiger partial charge >= 0.3 is 0 Å². The second kappa shape index (κ2) is 15.3. The van der Waals surface area contributed by atoms with Gasteiger partial charge in [-0.15, -0.1) is 0 Å². The molecule has 1 aliphatic rings. The number of rotatable bonds is 13. The van der Waals surface area contributed by atoms with Gasteiger partial charge in [-0.1, -0.05) is 80.1 Å². The third kappa shape index (κ3) is 9.54. The van der Waals surface area contributed by atoms with Crippen LogP contribution in [-0.4, -0.2) is 66.0 Å². The Morgan fingerprint density at radius 1 is 0.953 bits per heavy atom. The highest BCUT2D eigenvalue weighted by molar-refractivity contribution is 5.85. The molecular weight excluding hydrogens is 532 g/mol. The molecule has 4 rings (SSSR count). The lowest BCUT2D eigenvalue weighted by Crippen LogP contribution is -2.62. The molecular formula is C36H52N6O. The second-order valence-corrected chi connectivity index (χ2v) is 13.0. The second-order valence-electron chi connectivity index (χ2n) is 13.0. The van der Waals surface area contributed by atoms with E-state index in [4.69, 9.17) is 17.2 Å².